The molecule has 0 radical (unpaired) electrons. The van der Waals surface area contributed by atoms with E-state index >= 15 is 0 Å². The van der Waals surface area contributed by atoms with E-state index in [0.717, 1.165) is 13.0 Å². The van der Waals surface area contributed by atoms with E-state index in [-0.39, 0.29) is 0 Å². The van der Waals surface area contributed by atoms with Gasteiger partial charge in [0.2, 0.25) is 0 Å². The van der Waals surface area contributed by atoms with Crippen LogP contribution in [0.1, 0.15) is 27.7 Å². The van der Waals surface area contributed by atoms with E-state index < -0.39 is 0 Å². The summed E-state index contributed by atoms with van der Waals surface area (Å²) in [5.74, 6) is 2.06. The van der Waals surface area contributed by atoms with Gasteiger partial charge >= 0.3 is 0 Å². The fourth-order valence-corrected chi connectivity index (χ4v) is 2.27. The molecule has 0 unspecified atom stereocenters. The lowest BCUT2D eigenvalue weighted by molar-refractivity contribution is 0.293. The summed E-state index contributed by atoms with van der Waals surface area (Å²) in [6.07, 6.45) is 2.95. The van der Waals surface area contributed by atoms with Crippen LogP contribution in [0.4, 0.5) is 0 Å². The Labute approximate surface area is 102 Å². The van der Waals surface area contributed by atoms with Gasteiger partial charge in [0.25, 0.3) is 6.85 Å². The lowest BCUT2D eigenvalue weighted by Crippen LogP contribution is -2.52. The maximum Gasteiger partial charge on any atom is 0.264 e. The maximum absolute atomic E-state index is 3.97. The lowest BCUT2D eigenvalue weighted by atomic mass is 9.58. The quantitative estimate of drug-likeness (QED) is 0.460. The van der Waals surface area contributed by atoms with Crippen molar-refractivity contribution in [3.05, 3.63) is 25.2 Å². The fraction of sp³-hybridized carbons (Fsp3) is 0.692. The number of nitrogens with zero attached hydrogens (tertiary/aromatic N) is 2. The van der Waals surface area contributed by atoms with Crippen molar-refractivity contribution in [1.82, 2.24) is 9.71 Å². The third-order valence-electron chi connectivity index (χ3n) is 2.79. The zero-order chi connectivity index (χ0) is 12.7. The summed E-state index contributed by atoms with van der Waals surface area (Å²) in [7, 11) is 2.12. The van der Waals surface area contributed by atoms with E-state index in [2.05, 4.69) is 63.6 Å². The van der Waals surface area contributed by atoms with Crippen LogP contribution in [0.25, 0.3) is 0 Å². The third kappa shape index (κ3) is 5.00. The molecule has 2 nitrogen and oxygen atoms in total. The Hall–Kier alpha value is -0.535. The second-order valence-corrected chi connectivity index (χ2v) is 4.95. The van der Waals surface area contributed by atoms with Crippen molar-refractivity contribution in [3.63, 3.8) is 0 Å². The van der Waals surface area contributed by atoms with Gasteiger partial charge in [-0.15, -0.1) is 19.1 Å². The molecule has 0 aliphatic carbocycles. The Bertz CT molecular complexity index is 206. The van der Waals surface area contributed by atoms with Crippen molar-refractivity contribution in [3.8, 4) is 0 Å². The van der Waals surface area contributed by atoms with Crippen molar-refractivity contribution < 1.29 is 0 Å². The van der Waals surface area contributed by atoms with Crippen molar-refractivity contribution in [1.29, 1.82) is 0 Å². The van der Waals surface area contributed by atoms with Gasteiger partial charge in [0, 0.05) is 6.54 Å². The number of likely N-dealkylation sites (N-methyl/N-ethyl adjacent to an activating group) is 1. The fourth-order valence-electron chi connectivity index (χ4n) is 2.27. The molecule has 0 aliphatic rings. The van der Waals surface area contributed by atoms with Gasteiger partial charge in [-0.3, -0.25) is 0 Å². The zero-order valence-electron chi connectivity index (χ0n) is 11.6. The van der Waals surface area contributed by atoms with Crippen LogP contribution >= 0.6 is 0 Å². The first kappa shape index (κ1) is 15.5. The highest BCUT2D eigenvalue weighted by molar-refractivity contribution is 6.61. The molecule has 3 heteroatoms. The van der Waals surface area contributed by atoms with E-state index in [1.807, 2.05) is 6.08 Å². The van der Waals surface area contributed by atoms with Gasteiger partial charge in [0.1, 0.15) is 0 Å². The Morgan fingerprint density at radius 1 is 1.12 bits per heavy atom. The molecule has 92 valence electrons. The van der Waals surface area contributed by atoms with Gasteiger partial charge in [-0.25, -0.2) is 0 Å². The molecular weight excluding hydrogens is 195 g/mol. The van der Waals surface area contributed by atoms with Crippen molar-refractivity contribution >= 4 is 6.85 Å². The highest BCUT2D eigenvalue weighted by atomic mass is 15.2. The van der Waals surface area contributed by atoms with E-state index in [9.17, 15) is 0 Å². The summed E-state index contributed by atoms with van der Waals surface area (Å²) in [5, 5.41) is 0. The molecule has 0 aromatic carbocycles. The van der Waals surface area contributed by atoms with Crippen molar-refractivity contribution in [2.24, 2.45) is 0 Å². The van der Waals surface area contributed by atoms with Crippen LogP contribution in [0.5, 0.6) is 0 Å². The second kappa shape index (κ2) is 7.69. The summed E-state index contributed by atoms with van der Waals surface area (Å²) in [6.45, 7) is 18.0. The first-order chi connectivity index (χ1) is 7.43. The van der Waals surface area contributed by atoms with Crippen LogP contribution < -0.4 is 0 Å². The van der Waals surface area contributed by atoms with Crippen LogP contribution in [0.3, 0.4) is 0 Å². The minimum atomic E-state index is 0.407. The topological polar surface area (TPSA) is 6.48 Å². The standard InChI is InChI=1S/C13H27BN2/c1-8-10-15(7)11-14(9-2)16(12(3)4)13(5)6/h8-9,12-13H,1-2,10-11H2,3-7H3. The molecule has 0 fully saturated rings. The second-order valence-electron chi connectivity index (χ2n) is 4.95. The molecule has 0 amide bonds. The van der Waals surface area contributed by atoms with Gasteiger partial charge in [-0.2, -0.15) is 0 Å². The SMILES string of the molecule is C=CCN(C)CB(C=C)N(C(C)C)C(C)C. The first-order valence-corrected chi connectivity index (χ1v) is 6.13. The van der Waals surface area contributed by atoms with Crippen LogP contribution in [-0.4, -0.2) is 48.7 Å². The molecule has 0 atom stereocenters. The molecule has 0 aliphatic heterocycles. The molecule has 0 heterocycles. The summed E-state index contributed by atoms with van der Waals surface area (Å²) < 4.78 is 0. The Balaban J connectivity index is 4.54. The lowest BCUT2D eigenvalue weighted by Gasteiger charge is -2.36. The highest BCUT2D eigenvalue weighted by Crippen LogP contribution is 2.09. The molecule has 0 bridgehead atoms. The number of hydrogen-bond acceptors (Lipinski definition) is 2. The molecule has 0 N–H and O–H groups in total. The summed E-state index contributed by atoms with van der Waals surface area (Å²) >= 11 is 0. The summed E-state index contributed by atoms with van der Waals surface area (Å²) in [4.78, 5) is 4.77. The van der Waals surface area contributed by atoms with E-state index in [1.54, 1.807) is 0 Å². The minimum absolute atomic E-state index is 0.407. The average Bonchev–Trinajstić information content (AvgIpc) is 2.15. The largest absolute Gasteiger partial charge is 0.333 e. The molecule has 0 saturated heterocycles. The van der Waals surface area contributed by atoms with Gasteiger partial charge in [-0.1, -0.05) is 33.8 Å². The van der Waals surface area contributed by atoms with Gasteiger partial charge in [0.15, 0.2) is 0 Å². The molecule has 0 aromatic rings. The molecule has 0 aromatic heterocycles. The Morgan fingerprint density at radius 3 is 1.94 bits per heavy atom. The predicted octanol–water partition coefficient (Wildman–Crippen LogP) is 2.48. The average molecular weight is 222 g/mol. The van der Waals surface area contributed by atoms with Gasteiger partial charge in [0.05, 0.1) is 0 Å². The molecule has 16 heavy (non-hydrogen) atoms. The summed E-state index contributed by atoms with van der Waals surface area (Å²) in [5.41, 5.74) is 0. The van der Waals surface area contributed by atoms with Gasteiger partial charge in [-0.05, 0) is 25.6 Å². The monoisotopic (exact) mass is 222 g/mol. The van der Waals surface area contributed by atoms with E-state index in [1.165, 1.54) is 0 Å². The predicted molar refractivity (Wildman–Crippen MR) is 75.8 cm³/mol. The minimum Gasteiger partial charge on any atom is -0.333 e. The van der Waals surface area contributed by atoms with Crippen LogP contribution in [0.15, 0.2) is 25.2 Å². The summed E-state index contributed by atoms with van der Waals surface area (Å²) in [6, 6.07) is 1.08. The molecule has 0 saturated carbocycles. The zero-order valence-corrected chi connectivity index (χ0v) is 11.6. The number of hydrogen-bond donors (Lipinski definition) is 0. The van der Waals surface area contributed by atoms with Gasteiger partial charge < -0.3 is 9.71 Å². The molecule has 0 spiro atoms. The van der Waals surface area contributed by atoms with Crippen LogP contribution in [0, 0.1) is 0 Å². The van der Waals surface area contributed by atoms with Crippen LogP contribution in [0.2, 0.25) is 0 Å². The Kier molecular flexibility index (Phi) is 7.43. The van der Waals surface area contributed by atoms with E-state index in [4.69, 9.17) is 0 Å². The highest BCUT2D eigenvalue weighted by Gasteiger charge is 2.25. The van der Waals surface area contributed by atoms with Crippen molar-refractivity contribution in [2.75, 3.05) is 20.0 Å². The normalized spacial score (nSPS) is 11.6. The van der Waals surface area contributed by atoms with E-state index in [0.29, 0.717) is 18.9 Å². The third-order valence-corrected chi connectivity index (χ3v) is 2.79. The first-order valence-electron chi connectivity index (χ1n) is 6.13. The van der Waals surface area contributed by atoms with Crippen LogP contribution in [-0.2, 0) is 0 Å². The smallest absolute Gasteiger partial charge is 0.264 e. The number of rotatable bonds is 8. The van der Waals surface area contributed by atoms with Crippen molar-refractivity contribution in [2.45, 2.75) is 39.8 Å². The Morgan fingerprint density at radius 2 is 1.62 bits per heavy atom. The molecule has 0 rings (SSSR count). The molecular formula is C13H27BN2. The maximum atomic E-state index is 3.97.